The lowest BCUT2D eigenvalue weighted by Gasteiger charge is -2.72. The van der Waals surface area contributed by atoms with Crippen molar-refractivity contribution in [1.82, 2.24) is 0 Å². The van der Waals surface area contributed by atoms with Crippen molar-refractivity contribution in [1.29, 1.82) is 0 Å². The van der Waals surface area contributed by atoms with Crippen molar-refractivity contribution >= 4 is 18.2 Å². The van der Waals surface area contributed by atoms with Crippen LogP contribution >= 0.6 is 0 Å². The number of fused-ring (bicyclic) bond motifs is 7. The van der Waals surface area contributed by atoms with Crippen LogP contribution in [0.15, 0.2) is 23.3 Å². The summed E-state index contributed by atoms with van der Waals surface area (Å²) in [6.45, 7) is 17.2. The Kier molecular flexibility index (Phi) is 8.40. The molecule has 0 radical (unpaired) electrons. The van der Waals surface area contributed by atoms with Crippen LogP contribution < -0.4 is 0 Å². The molecule has 0 saturated heterocycles. The van der Waals surface area contributed by atoms with E-state index >= 15 is 0 Å². The molecule has 3 N–H and O–H groups in total. The maximum absolute atomic E-state index is 13.1. The zero-order chi connectivity index (χ0) is 33.5. The smallest absolute Gasteiger partial charge is 0.333 e. The molecule has 0 bridgehead atoms. The largest absolute Gasteiger partial charge is 0.458 e. The Hall–Kier alpha value is -2.03. The topological polar surface area (TPSA) is 130 Å². The van der Waals surface area contributed by atoms with Crippen molar-refractivity contribution in [3.63, 3.8) is 0 Å². The fraction of sp³-hybridized carbons (Fsp3) is 0.811. The van der Waals surface area contributed by atoms with Crippen molar-refractivity contribution < 1.29 is 39.2 Å². The molecule has 12 atom stereocenters. The van der Waals surface area contributed by atoms with Gasteiger partial charge in [-0.05, 0) is 92.8 Å². The molecule has 8 nitrogen and oxygen atoms in total. The third-order valence-corrected chi connectivity index (χ3v) is 14.6. The maximum atomic E-state index is 13.1. The standard InChI is InChI=1S/C37H56O8/c1-10-21(2)31(43)45-29-30(44-22(3)40)37(20-39)24(17-32(29,4)5)23-11-12-26-33(6)15-14-27(41)34(7,19-38)25(33)13-16-35(26,8)36(23,9)18-28(37)42/h10-11,19,24-30,39,41-42H,12-18,20H2,1-9H3/b21-10+/t24?,25?,26?,27?,28-,29?,30+,33?,34?,35?,36-,37?/m1/s1. The van der Waals surface area contributed by atoms with Crippen LogP contribution in [0.2, 0.25) is 0 Å². The Morgan fingerprint density at radius 3 is 2.18 bits per heavy atom. The van der Waals surface area contributed by atoms with E-state index in [-0.39, 0.29) is 28.6 Å². The van der Waals surface area contributed by atoms with Gasteiger partial charge in [-0.2, -0.15) is 0 Å². The summed E-state index contributed by atoms with van der Waals surface area (Å²) in [4.78, 5) is 38.3. The third kappa shape index (κ3) is 4.51. The van der Waals surface area contributed by atoms with Gasteiger partial charge in [0.2, 0.25) is 0 Å². The monoisotopic (exact) mass is 628 g/mol. The number of esters is 2. The Balaban J connectivity index is 1.63. The normalized spacial score (nSPS) is 48.8. The van der Waals surface area contributed by atoms with Gasteiger partial charge in [-0.1, -0.05) is 59.3 Å². The highest BCUT2D eigenvalue weighted by Gasteiger charge is 2.73. The number of hydrogen-bond donors (Lipinski definition) is 3. The van der Waals surface area contributed by atoms with Gasteiger partial charge in [0.15, 0.2) is 0 Å². The minimum absolute atomic E-state index is 0.0611. The molecule has 0 aromatic carbocycles. The van der Waals surface area contributed by atoms with Gasteiger partial charge >= 0.3 is 11.9 Å². The summed E-state index contributed by atoms with van der Waals surface area (Å²) in [7, 11) is 0. The van der Waals surface area contributed by atoms with E-state index in [0.29, 0.717) is 24.8 Å². The zero-order valence-corrected chi connectivity index (χ0v) is 28.8. The maximum Gasteiger partial charge on any atom is 0.333 e. The number of hydrogen-bond acceptors (Lipinski definition) is 8. The number of aliphatic hydroxyl groups excluding tert-OH is 3. The molecule has 8 heteroatoms. The fourth-order valence-corrected chi connectivity index (χ4v) is 11.6. The summed E-state index contributed by atoms with van der Waals surface area (Å²) in [5.41, 5.74) is -1.87. The highest BCUT2D eigenvalue weighted by molar-refractivity contribution is 5.87. The molecule has 0 aromatic rings. The number of rotatable bonds is 5. The van der Waals surface area contributed by atoms with Crippen LogP contribution in [0.1, 0.15) is 107 Å². The zero-order valence-electron chi connectivity index (χ0n) is 28.8. The SMILES string of the molecule is C/C=C(\C)C(=O)OC1[C@H](OC(C)=O)C2(CO)C(CC1(C)C)C1=CCC3C4(C)CCC(O)C(C)(C=O)C4CCC3(C)[C@]1(C)C[C@H]2O. The van der Waals surface area contributed by atoms with Crippen LogP contribution in [0.3, 0.4) is 0 Å². The highest BCUT2D eigenvalue weighted by atomic mass is 16.6. The Bertz CT molecular complexity index is 1300. The highest BCUT2D eigenvalue weighted by Crippen LogP contribution is 2.75. The summed E-state index contributed by atoms with van der Waals surface area (Å²) in [6, 6.07) is 0. The molecular formula is C37H56O8. The summed E-state index contributed by atoms with van der Waals surface area (Å²) >= 11 is 0. The third-order valence-electron chi connectivity index (χ3n) is 14.6. The van der Waals surface area contributed by atoms with Crippen LogP contribution in [0.25, 0.3) is 0 Å². The van der Waals surface area contributed by atoms with Gasteiger partial charge in [0.05, 0.1) is 29.6 Å². The van der Waals surface area contributed by atoms with Crippen LogP contribution in [0.5, 0.6) is 0 Å². The second kappa shape index (κ2) is 11.0. The number of carbonyl (C=O) groups excluding carboxylic acids is 3. The molecule has 252 valence electrons. The minimum atomic E-state index is -1.25. The molecule has 5 rings (SSSR count). The first kappa shape index (κ1) is 34.3. The van der Waals surface area contributed by atoms with Crippen molar-refractivity contribution in [3.8, 4) is 0 Å². The number of carbonyl (C=O) groups is 3. The molecule has 0 aromatic heterocycles. The summed E-state index contributed by atoms with van der Waals surface area (Å²) < 4.78 is 12.1. The summed E-state index contributed by atoms with van der Waals surface area (Å²) in [5, 5.41) is 34.7. The number of aliphatic hydroxyl groups is 3. The van der Waals surface area contributed by atoms with Gasteiger partial charge in [0, 0.05) is 17.9 Å². The van der Waals surface area contributed by atoms with Gasteiger partial charge in [0.1, 0.15) is 18.5 Å². The average molecular weight is 629 g/mol. The first-order valence-electron chi connectivity index (χ1n) is 17.0. The Labute approximate surface area is 269 Å². The van der Waals surface area contributed by atoms with E-state index < -0.39 is 64.6 Å². The summed E-state index contributed by atoms with van der Waals surface area (Å²) in [6.07, 6.45) is 6.20. The van der Waals surface area contributed by atoms with Crippen molar-refractivity contribution in [2.75, 3.05) is 6.61 Å². The second-order valence-corrected chi connectivity index (χ2v) is 16.9. The predicted octanol–water partition coefficient (Wildman–Crippen LogP) is 5.32. The molecule has 0 spiro atoms. The van der Waals surface area contributed by atoms with Crippen LogP contribution in [0, 0.1) is 50.2 Å². The molecule has 5 aliphatic rings. The van der Waals surface area contributed by atoms with Gasteiger partial charge in [-0.3, -0.25) is 4.79 Å². The predicted molar refractivity (Wildman–Crippen MR) is 170 cm³/mol. The average Bonchev–Trinajstić information content (AvgIpc) is 2.96. The van der Waals surface area contributed by atoms with E-state index in [1.165, 1.54) is 12.5 Å². The number of aldehydes is 1. The lowest BCUT2D eigenvalue weighted by atomic mass is 9.33. The summed E-state index contributed by atoms with van der Waals surface area (Å²) in [5.74, 6) is -1.08. The van der Waals surface area contributed by atoms with E-state index in [0.717, 1.165) is 32.0 Å². The lowest BCUT2D eigenvalue weighted by molar-refractivity contribution is -0.265. The van der Waals surface area contributed by atoms with Crippen molar-refractivity contribution in [2.24, 2.45) is 50.2 Å². The Morgan fingerprint density at radius 1 is 0.933 bits per heavy atom. The van der Waals surface area contributed by atoms with E-state index in [4.69, 9.17) is 9.47 Å². The minimum Gasteiger partial charge on any atom is -0.458 e. The van der Waals surface area contributed by atoms with Gasteiger partial charge in [-0.15, -0.1) is 0 Å². The molecule has 5 aliphatic carbocycles. The van der Waals surface area contributed by atoms with E-state index in [1.807, 2.05) is 20.8 Å². The molecule has 0 amide bonds. The molecule has 4 fully saturated rings. The first-order valence-corrected chi connectivity index (χ1v) is 17.0. The molecular weight excluding hydrogens is 572 g/mol. The van der Waals surface area contributed by atoms with Gasteiger partial charge in [-0.25, -0.2) is 4.79 Å². The van der Waals surface area contributed by atoms with Crippen LogP contribution in [0.4, 0.5) is 0 Å². The van der Waals surface area contributed by atoms with E-state index in [2.05, 4.69) is 26.8 Å². The first-order chi connectivity index (χ1) is 20.8. The second-order valence-electron chi connectivity index (χ2n) is 16.9. The molecule has 0 heterocycles. The molecule has 4 saturated carbocycles. The lowest BCUT2D eigenvalue weighted by Crippen LogP contribution is -2.72. The molecule has 0 aliphatic heterocycles. The number of ether oxygens (including phenoxy) is 2. The molecule has 45 heavy (non-hydrogen) atoms. The van der Waals surface area contributed by atoms with Crippen LogP contribution in [-0.2, 0) is 23.9 Å². The quantitative estimate of drug-likeness (QED) is 0.161. The van der Waals surface area contributed by atoms with E-state index in [1.54, 1.807) is 19.9 Å². The van der Waals surface area contributed by atoms with Crippen molar-refractivity contribution in [3.05, 3.63) is 23.3 Å². The van der Waals surface area contributed by atoms with E-state index in [9.17, 15) is 29.7 Å². The van der Waals surface area contributed by atoms with Crippen molar-refractivity contribution in [2.45, 2.75) is 132 Å². The van der Waals surface area contributed by atoms with Gasteiger partial charge in [0.25, 0.3) is 0 Å². The fourth-order valence-electron chi connectivity index (χ4n) is 11.6. The van der Waals surface area contributed by atoms with Gasteiger partial charge < -0.3 is 29.6 Å². The van der Waals surface area contributed by atoms with Crippen LogP contribution in [-0.4, -0.2) is 64.6 Å². The molecule has 9 unspecified atom stereocenters. The Morgan fingerprint density at radius 2 is 1.60 bits per heavy atom. The number of allylic oxidation sites excluding steroid dienone is 3.